The van der Waals surface area contributed by atoms with E-state index in [0.29, 0.717) is 29.2 Å². The maximum Gasteiger partial charge on any atom is 0.240 e. The summed E-state index contributed by atoms with van der Waals surface area (Å²) in [6.45, 7) is 8.26. The van der Waals surface area contributed by atoms with Crippen molar-refractivity contribution in [3.8, 4) is 0 Å². The molecule has 0 saturated heterocycles. The molecule has 1 saturated carbocycles. The average molecular weight is 385 g/mol. The number of hydrogen-bond donors (Lipinski definition) is 2. The molecule has 0 spiro atoms. The molecule has 27 heavy (non-hydrogen) atoms. The molecule has 2 aromatic rings. The summed E-state index contributed by atoms with van der Waals surface area (Å²) in [4.78, 5) is 25.5. The van der Waals surface area contributed by atoms with Gasteiger partial charge in [-0.1, -0.05) is 50.6 Å². The van der Waals surface area contributed by atoms with E-state index < -0.39 is 5.41 Å². The Morgan fingerprint density at radius 2 is 1.56 bits per heavy atom. The van der Waals surface area contributed by atoms with Crippen LogP contribution in [0.1, 0.15) is 44.7 Å². The van der Waals surface area contributed by atoms with Crippen LogP contribution in [-0.2, 0) is 15.0 Å². The van der Waals surface area contributed by atoms with Crippen molar-refractivity contribution in [1.82, 2.24) is 0 Å². The van der Waals surface area contributed by atoms with Crippen LogP contribution in [0.4, 0.5) is 11.4 Å². The van der Waals surface area contributed by atoms with Crippen molar-refractivity contribution in [2.24, 2.45) is 5.41 Å². The first-order valence-corrected chi connectivity index (χ1v) is 9.50. The van der Waals surface area contributed by atoms with Crippen LogP contribution in [-0.4, -0.2) is 11.8 Å². The molecule has 1 aliphatic rings. The number of nitrogens with one attached hydrogen (secondary N) is 2. The van der Waals surface area contributed by atoms with Crippen molar-refractivity contribution >= 4 is 34.8 Å². The summed E-state index contributed by atoms with van der Waals surface area (Å²) >= 11 is 6.11. The highest BCUT2D eigenvalue weighted by molar-refractivity contribution is 6.31. The summed E-state index contributed by atoms with van der Waals surface area (Å²) in [7, 11) is 0. The molecule has 4 nitrogen and oxygen atoms in total. The lowest BCUT2D eigenvalue weighted by molar-refractivity contribution is -0.131. The summed E-state index contributed by atoms with van der Waals surface area (Å²) in [5.74, 6) is -0.542. The van der Waals surface area contributed by atoms with Gasteiger partial charge in [0.1, 0.15) is 5.41 Å². The molecule has 2 aromatic carbocycles. The minimum absolute atomic E-state index is 0.0506. The second-order valence-electron chi connectivity index (χ2n) is 8.23. The molecule has 2 amide bonds. The normalized spacial score (nSPS) is 15.1. The van der Waals surface area contributed by atoms with Gasteiger partial charge in [-0.2, -0.15) is 0 Å². The van der Waals surface area contributed by atoms with Crippen LogP contribution in [0.5, 0.6) is 0 Å². The molecule has 1 fully saturated rings. The van der Waals surface area contributed by atoms with E-state index in [1.807, 2.05) is 31.2 Å². The topological polar surface area (TPSA) is 58.2 Å². The highest BCUT2D eigenvalue weighted by atomic mass is 35.5. The van der Waals surface area contributed by atoms with Gasteiger partial charge in [0.05, 0.1) is 0 Å². The van der Waals surface area contributed by atoms with Gasteiger partial charge in [-0.3, -0.25) is 9.59 Å². The zero-order valence-electron chi connectivity index (χ0n) is 16.2. The van der Waals surface area contributed by atoms with Crippen molar-refractivity contribution in [2.45, 2.75) is 46.0 Å². The third-order valence-electron chi connectivity index (χ3n) is 5.14. The van der Waals surface area contributed by atoms with Crippen molar-refractivity contribution in [2.75, 3.05) is 10.6 Å². The lowest BCUT2D eigenvalue weighted by Crippen LogP contribution is -2.35. The third kappa shape index (κ3) is 4.01. The van der Waals surface area contributed by atoms with E-state index in [2.05, 4.69) is 31.4 Å². The Hall–Kier alpha value is -2.33. The third-order valence-corrected chi connectivity index (χ3v) is 5.55. The number of carbonyl (C=O) groups excluding carboxylic acids is 2. The summed E-state index contributed by atoms with van der Waals surface area (Å²) in [6, 6.07) is 13.1. The maximum atomic E-state index is 12.8. The van der Waals surface area contributed by atoms with Crippen molar-refractivity contribution in [1.29, 1.82) is 0 Å². The fourth-order valence-corrected chi connectivity index (χ4v) is 3.15. The molecular formula is C22H25ClN2O2. The van der Waals surface area contributed by atoms with Crippen LogP contribution in [0.2, 0.25) is 5.02 Å². The number of carbonyl (C=O) groups is 2. The summed E-state index contributed by atoms with van der Waals surface area (Å²) in [5.41, 5.74) is 2.37. The average Bonchev–Trinajstić information content (AvgIpc) is 3.40. The van der Waals surface area contributed by atoms with E-state index in [0.717, 1.165) is 5.56 Å². The Morgan fingerprint density at radius 1 is 0.963 bits per heavy atom. The molecule has 0 aromatic heterocycles. The Balaban J connectivity index is 1.70. The van der Waals surface area contributed by atoms with Gasteiger partial charge in [0.2, 0.25) is 11.8 Å². The van der Waals surface area contributed by atoms with Gasteiger partial charge in [-0.05, 0) is 60.6 Å². The van der Waals surface area contributed by atoms with Gasteiger partial charge in [-0.15, -0.1) is 0 Å². The molecule has 0 radical (unpaired) electrons. The Morgan fingerprint density at radius 3 is 2.11 bits per heavy atom. The van der Waals surface area contributed by atoms with Crippen LogP contribution in [0.25, 0.3) is 0 Å². The zero-order chi connectivity index (χ0) is 19.8. The van der Waals surface area contributed by atoms with Crippen LogP contribution in [0.3, 0.4) is 0 Å². The van der Waals surface area contributed by atoms with E-state index in [4.69, 9.17) is 11.6 Å². The number of benzene rings is 2. The maximum absolute atomic E-state index is 12.8. The number of halogens is 1. The molecule has 142 valence electrons. The van der Waals surface area contributed by atoms with Crippen molar-refractivity contribution in [3.63, 3.8) is 0 Å². The predicted octanol–water partition coefficient (Wildman–Crippen LogP) is 5.30. The first kappa shape index (κ1) is 19.4. The second kappa shape index (κ2) is 7.01. The van der Waals surface area contributed by atoms with Gasteiger partial charge in [-0.25, -0.2) is 0 Å². The van der Waals surface area contributed by atoms with E-state index in [9.17, 15) is 9.59 Å². The fourth-order valence-electron chi connectivity index (χ4n) is 2.97. The molecule has 0 heterocycles. The molecular weight excluding hydrogens is 360 g/mol. The molecule has 0 aliphatic heterocycles. The van der Waals surface area contributed by atoms with Crippen LogP contribution < -0.4 is 10.6 Å². The molecule has 1 aliphatic carbocycles. The van der Waals surface area contributed by atoms with E-state index in [1.165, 1.54) is 5.56 Å². The standard InChI is InChI=1S/C22H25ClN2O2/c1-14-17(23)6-5-7-18(14)25-20(27)22(12-13-22)19(26)24-16-10-8-15(9-11-16)21(2,3)4/h5-11H,12-13H2,1-4H3,(H,24,26)(H,25,27). The highest BCUT2D eigenvalue weighted by Gasteiger charge is 2.56. The lowest BCUT2D eigenvalue weighted by Gasteiger charge is -2.20. The number of hydrogen-bond acceptors (Lipinski definition) is 2. The summed E-state index contributed by atoms with van der Waals surface area (Å²) < 4.78 is 0. The Labute approximate surface area is 165 Å². The van der Waals surface area contributed by atoms with Crippen molar-refractivity contribution < 1.29 is 9.59 Å². The zero-order valence-corrected chi connectivity index (χ0v) is 16.9. The monoisotopic (exact) mass is 384 g/mol. The van der Waals surface area contributed by atoms with Gasteiger partial charge < -0.3 is 10.6 Å². The number of rotatable bonds is 4. The molecule has 2 N–H and O–H groups in total. The molecule has 5 heteroatoms. The van der Waals surface area contributed by atoms with Gasteiger partial charge >= 0.3 is 0 Å². The molecule has 3 rings (SSSR count). The van der Waals surface area contributed by atoms with Crippen molar-refractivity contribution in [3.05, 3.63) is 58.6 Å². The van der Waals surface area contributed by atoms with Crippen LogP contribution in [0.15, 0.2) is 42.5 Å². The first-order chi connectivity index (χ1) is 12.6. The number of anilines is 2. The minimum Gasteiger partial charge on any atom is -0.325 e. The fraction of sp³-hybridized carbons (Fsp3) is 0.364. The van der Waals surface area contributed by atoms with E-state index in [1.54, 1.807) is 18.2 Å². The lowest BCUT2D eigenvalue weighted by atomic mass is 9.87. The largest absolute Gasteiger partial charge is 0.325 e. The quantitative estimate of drug-likeness (QED) is 0.702. The first-order valence-electron chi connectivity index (χ1n) is 9.12. The van der Waals surface area contributed by atoms with E-state index >= 15 is 0 Å². The molecule has 0 atom stereocenters. The minimum atomic E-state index is -1.00. The van der Waals surface area contributed by atoms with Gasteiger partial charge in [0.15, 0.2) is 0 Å². The Kier molecular flexibility index (Phi) is 5.04. The highest BCUT2D eigenvalue weighted by Crippen LogP contribution is 2.47. The van der Waals surface area contributed by atoms with Crippen LogP contribution >= 0.6 is 11.6 Å². The van der Waals surface area contributed by atoms with Crippen LogP contribution in [0, 0.1) is 12.3 Å². The SMILES string of the molecule is Cc1c(Cl)cccc1NC(=O)C1(C(=O)Nc2ccc(C(C)(C)C)cc2)CC1. The van der Waals surface area contributed by atoms with Gasteiger partial charge in [0, 0.05) is 16.4 Å². The smallest absolute Gasteiger partial charge is 0.240 e. The second-order valence-corrected chi connectivity index (χ2v) is 8.64. The number of amides is 2. The van der Waals surface area contributed by atoms with Gasteiger partial charge in [0.25, 0.3) is 0 Å². The summed E-state index contributed by atoms with van der Waals surface area (Å²) in [6.07, 6.45) is 1.09. The van der Waals surface area contributed by atoms with E-state index in [-0.39, 0.29) is 17.2 Å². The Bertz CT molecular complexity index is 878. The predicted molar refractivity (Wildman–Crippen MR) is 110 cm³/mol. The molecule has 0 bridgehead atoms. The molecule has 0 unspecified atom stereocenters. The summed E-state index contributed by atoms with van der Waals surface area (Å²) in [5, 5.41) is 6.34.